The van der Waals surface area contributed by atoms with Gasteiger partial charge in [0.25, 0.3) is 5.56 Å². The smallest absolute Gasteiger partial charge is 0.407 e. The first-order valence-electron chi connectivity index (χ1n) is 12.7. The minimum atomic E-state index is -0.567. The third-order valence-corrected chi connectivity index (χ3v) is 7.95. The molecule has 8 heteroatoms. The van der Waals surface area contributed by atoms with Gasteiger partial charge in [0.2, 0.25) is 0 Å². The first-order valence-corrected chi connectivity index (χ1v) is 13.9. The molecule has 37 heavy (non-hydrogen) atoms. The van der Waals surface area contributed by atoms with Crippen LogP contribution in [0.4, 0.5) is 4.79 Å². The van der Waals surface area contributed by atoms with Crippen LogP contribution in [0.15, 0.2) is 57.9 Å². The molecule has 0 unspecified atom stereocenters. The number of fused-ring (bicyclic) bond motifs is 1. The van der Waals surface area contributed by atoms with E-state index in [2.05, 4.69) is 57.4 Å². The zero-order valence-corrected chi connectivity index (χ0v) is 24.0. The summed E-state index contributed by atoms with van der Waals surface area (Å²) in [6.45, 7) is 7.71. The number of nitrogens with one attached hydrogen (secondary N) is 2. The Labute approximate surface area is 231 Å². The number of benzene rings is 2. The number of carbonyl (C=O) groups is 1. The Morgan fingerprint density at radius 1 is 1.19 bits per heavy atom. The maximum atomic E-state index is 12.8. The molecule has 1 aliphatic rings. The van der Waals surface area contributed by atoms with Gasteiger partial charge in [0.1, 0.15) is 11.4 Å². The van der Waals surface area contributed by atoms with Gasteiger partial charge in [-0.15, -0.1) is 0 Å². The van der Waals surface area contributed by atoms with Crippen LogP contribution in [0.3, 0.4) is 0 Å². The van der Waals surface area contributed by atoms with Crippen LogP contribution in [0.5, 0.6) is 5.75 Å². The highest BCUT2D eigenvalue weighted by atomic mass is 79.9. The number of pyridine rings is 1. The lowest BCUT2D eigenvalue weighted by Gasteiger charge is -2.46. The first-order chi connectivity index (χ1) is 17.5. The molecule has 0 spiro atoms. The van der Waals surface area contributed by atoms with Crippen molar-refractivity contribution in [3.8, 4) is 5.75 Å². The van der Waals surface area contributed by atoms with Crippen LogP contribution in [0.1, 0.15) is 65.4 Å². The van der Waals surface area contributed by atoms with Gasteiger partial charge >= 0.3 is 6.09 Å². The van der Waals surface area contributed by atoms with Gasteiger partial charge in [-0.2, -0.15) is 0 Å². The Balaban J connectivity index is 1.57. The molecule has 2 aromatic carbocycles. The molecule has 1 atom stereocenters. The van der Waals surface area contributed by atoms with E-state index >= 15 is 0 Å². The second-order valence-electron chi connectivity index (χ2n) is 10.8. The number of hydrogen-bond donors (Lipinski definition) is 2. The molecule has 4 rings (SSSR count). The summed E-state index contributed by atoms with van der Waals surface area (Å²) >= 11 is 10.0. The minimum Gasteiger partial charge on any atom is -0.489 e. The Hall–Kier alpha value is -2.51. The lowest BCUT2D eigenvalue weighted by atomic mass is 9.63. The number of halogens is 2. The SMILES string of the molecule is CC[C@@H](NC(=O)OC(C)(C)C)[C@]1(c2ccc(Br)cc2)CC[C@H](Oc2cc3cc[nH]c(=O)c3cc2Cl)CC1. The fourth-order valence-corrected chi connectivity index (χ4v) is 5.86. The van der Waals surface area contributed by atoms with Crippen molar-refractivity contribution in [2.24, 2.45) is 0 Å². The predicted molar refractivity (Wildman–Crippen MR) is 152 cm³/mol. The zero-order chi connectivity index (χ0) is 26.8. The molecule has 198 valence electrons. The Kier molecular flexibility index (Phi) is 8.24. The number of aromatic amines is 1. The highest BCUT2D eigenvalue weighted by Gasteiger charge is 2.44. The van der Waals surface area contributed by atoms with Gasteiger partial charge in [-0.3, -0.25) is 4.79 Å². The highest BCUT2D eigenvalue weighted by Crippen LogP contribution is 2.45. The monoisotopic (exact) mass is 588 g/mol. The van der Waals surface area contributed by atoms with Gasteiger partial charge in [0, 0.05) is 27.5 Å². The van der Waals surface area contributed by atoms with E-state index in [1.807, 2.05) is 32.9 Å². The number of rotatable bonds is 6. The molecule has 6 nitrogen and oxygen atoms in total. The molecule has 0 saturated heterocycles. The van der Waals surface area contributed by atoms with E-state index in [4.69, 9.17) is 21.1 Å². The molecule has 1 aliphatic carbocycles. The molecule has 0 bridgehead atoms. The number of ether oxygens (including phenoxy) is 2. The van der Waals surface area contributed by atoms with Gasteiger partial charge in [-0.1, -0.05) is 46.6 Å². The van der Waals surface area contributed by atoms with Gasteiger partial charge in [0.05, 0.1) is 11.1 Å². The standard InChI is InChI=1S/C29H34BrClN2O4/c1-5-25(33-27(35)37-28(2,3)4)29(19-6-8-20(30)9-7-19)13-10-21(11-14-29)36-24-16-18-12-15-32-26(34)22(18)17-23(24)31/h6-9,12,15-17,21,25H,5,10-11,13-14H2,1-4H3,(H,32,34)(H,33,35)/t21-,25-,29+/m1/s1. The quantitative estimate of drug-likeness (QED) is 0.312. The minimum absolute atomic E-state index is 0.0282. The van der Waals surface area contributed by atoms with Crippen LogP contribution in [0.2, 0.25) is 5.02 Å². The molecule has 1 amide bonds. The van der Waals surface area contributed by atoms with Crippen molar-refractivity contribution in [3.05, 3.63) is 74.1 Å². The molecule has 0 aliphatic heterocycles. The van der Waals surface area contributed by atoms with E-state index in [-0.39, 0.29) is 23.1 Å². The van der Waals surface area contributed by atoms with Gasteiger partial charge < -0.3 is 19.8 Å². The summed E-state index contributed by atoms with van der Waals surface area (Å²) in [6.07, 6.45) is 5.23. The van der Waals surface area contributed by atoms with Crippen molar-refractivity contribution >= 4 is 44.4 Å². The van der Waals surface area contributed by atoms with Crippen LogP contribution in [-0.2, 0) is 10.2 Å². The van der Waals surface area contributed by atoms with Gasteiger partial charge in [-0.05, 0) is 94.2 Å². The maximum Gasteiger partial charge on any atom is 0.407 e. The summed E-state index contributed by atoms with van der Waals surface area (Å²) in [7, 11) is 0. The average molecular weight is 590 g/mol. The number of hydrogen-bond acceptors (Lipinski definition) is 4. The van der Waals surface area contributed by atoms with Crippen molar-refractivity contribution in [2.45, 2.75) is 83.0 Å². The molecule has 1 saturated carbocycles. The second kappa shape index (κ2) is 11.1. The van der Waals surface area contributed by atoms with Crippen molar-refractivity contribution in [1.82, 2.24) is 10.3 Å². The maximum absolute atomic E-state index is 12.8. The third-order valence-electron chi connectivity index (χ3n) is 7.13. The zero-order valence-electron chi connectivity index (χ0n) is 21.7. The van der Waals surface area contributed by atoms with Crippen LogP contribution < -0.4 is 15.6 Å². The summed E-state index contributed by atoms with van der Waals surface area (Å²) in [4.78, 5) is 27.6. The third kappa shape index (κ3) is 6.32. The van der Waals surface area contributed by atoms with Crippen LogP contribution in [-0.4, -0.2) is 28.8 Å². The molecule has 0 radical (unpaired) electrons. The van der Waals surface area contributed by atoms with Crippen LogP contribution in [0, 0.1) is 0 Å². The number of H-pyrrole nitrogens is 1. The van der Waals surface area contributed by atoms with Crippen molar-refractivity contribution in [3.63, 3.8) is 0 Å². The molecular weight excluding hydrogens is 556 g/mol. The number of carbonyl (C=O) groups excluding carboxylic acids is 1. The van der Waals surface area contributed by atoms with Crippen LogP contribution in [0.25, 0.3) is 10.8 Å². The molecule has 2 N–H and O–H groups in total. The van der Waals surface area contributed by atoms with E-state index in [0.717, 1.165) is 42.0 Å². The van der Waals surface area contributed by atoms with E-state index < -0.39 is 11.7 Å². The lowest BCUT2D eigenvalue weighted by Crippen LogP contribution is -2.53. The molecule has 1 aromatic heterocycles. The normalized spacial score (nSPS) is 20.9. The van der Waals surface area contributed by atoms with E-state index in [1.165, 1.54) is 5.56 Å². The van der Waals surface area contributed by atoms with E-state index in [1.54, 1.807) is 12.3 Å². The summed E-state index contributed by atoms with van der Waals surface area (Å²) in [5.74, 6) is 0.583. The van der Waals surface area contributed by atoms with Gasteiger partial charge in [0.15, 0.2) is 0 Å². The summed E-state index contributed by atoms with van der Waals surface area (Å²) in [6, 6.07) is 13.6. The predicted octanol–water partition coefficient (Wildman–Crippen LogP) is 7.51. The van der Waals surface area contributed by atoms with Gasteiger partial charge in [-0.25, -0.2) is 4.79 Å². The van der Waals surface area contributed by atoms with Crippen molar-refractivity contribution < 1.29 is 14.3 Å². The van der Waals surface area contributed by atoms with E-state index in [9.17, 15) is 9.59 Å². The molecule has 1 heterocycles. The van der Waals surface area contributed by atoms with Crippen LogP contribution >= 0.6 is 27.5 Å². The molecular formula is C29H34BrClN2O4. The Bertz CT molecular complexity index is 1310. The molecule has 3 aromatic rings. The average Bonchev–Trinajstić information content (AvgIpc) is 2.84. The Morgan fingerprint density at radius 3 is 2.49 bits per heavy atom. The molecule has 1 fully saturated rings. The van der Waals surface area contributed by atoms with Crippen molar-refractivity contribution in [2.75, 3.05) is 0 Å². The van der Waals surface area contributed by atoms with Crippen molar-refractivity contribution in [1.29, 1.82) is 0 Å². The van der Waals surface area contributed by atoms with E-state index in [0.29, 0.717) is 16.2 Å². The summed E-state index contributed by atoms with van der Waals surface area (Å²) < 4.78 is 13.0. The lowest BCUT2D eigenvalue weighted by molar-refractivity contribution is 0.0423. The largest absolute Gasteiger partial charge is 0.489 e. The number of amides is 1. The first kappa shape index (κ1) is 27.5. The second-order valence-corrected chi connectivity index (χ2v) is 12.1. The topological polar surface area (TPSA) is 80.4 Å². The number of aromatic nitrogens is 1. The fraction of sp³-hybridized carbons (Fsp3) is 0.448. The number of alkyl carbamates (subject to hydrolysis) is 1. The fourth-order valence-electron chi connectivity index (χ4n) is 5.38. The highest BCUT2D eigenvalue weighted by molar-refractivity contribution is 9.10. The summed E-state index contributed by atoms with van der Waals surface area (Å²) in [5.41, 5.74) is 0.195. The Morgan fingerprint density at radius 2 is 1.86 bits per heavy atom. The summed E-state index contributed by atoms with van der Waals surface area (Å²) in [5, 5.41) is 4.93.